The smallest absolute Gasteiger partial charge is 0.317 e. The summed E-state index contributed by atoms with van der Waals surface area (Å²) in [4.78, 5) is 37.2. The fourth-order valence-corrected chi connectivity index (χ4v) is 2.64. The van der Waals surface area contributed by atoms with Crippen molar-refractivity contribution in [3.8, 4) is 5.69 Å². The molecule has 126 valence electrons. The molecular weight excluding hydrogens is 310 g/mol. The minimum atomic E-state index is -0.397. The van der Waals surface area contributed by atoms with Crippen LogP contribution in [0.2, 0.25) is 0 Å². The highest BCUT2D eigenvalue weighted by Crippen LogP contribution is 2.12. The van der Waals surface area contributed by atoms with Gasteiger partial charge in [-0.3, -0.25) is 14.7 Å². The topological polar surface area (TPSA) is 99.2 Å². The molecule has 1 saturated heterocycles. The molecule has 0 bridgehead atoms. The standard InChI is InChI=1S/C16H19N5O3/c22-14-10-13(21(19-14)12-6-2-1-3-7-12)18-15(23)11-17-16(24)20-8-4-5-9-20/h1-3,6-7,10H,4-5,8-9,11H2,(H,17,24)(H,18,23)(H,19,22). The summed E-state index contributed by atoms with van der Waals surface area (Å²) in [5, 5.41) is 7.85. The minimum Gasteiger partial charge on any atom is -0.329 e. The van der Waals surface area contributed by atoms with Crippen LogP contribution >= 0.6 is 0 Å². The van der Waals surface area contributed by atoms with Gasteiger partial charge in [-0.25, -0.2) is 9.48 Å². The van der Waals surface area contributed by atoms with Gasteiger partial charge in [0.1, 0.15) is 5.82 Å². The van der Waals surface area contributed by atoms with Crippen molar-refractivity contribution in [2.75, 3.05) is 25.0 Å². The molecule has 2 heterocycles. The summed E-state index contributed by atoms with van der Waals surface area (Å²) in [6.07, 6.45) is 1.98. The first kappa shape index (κ1) is 15.9. The van der Waals surface area contributed by atoms with Crippen LogP contribution in [0.1, 0.15) is 12.8 Å². The molecule has 1 aliphatic rings. The molecule has 1 fully saturated rings. The third kappa shape index (κ3) is 3.65. The average Bonchev–Trinajstić information content (AvgIpc) is 3.23. The van der Waals surface area contributed by atoms with Crippen LogP contribution in [0, 0.1) is 0 Å². The number of carbonyl (C=O) groups excluding carboxylic acids is 2. The Balaban J connectivity index is 1.62. The molecule has 1 aromatic carbocycles. The van der Waals surface area contributed by atoms with Crippen molar-refractivity contribution in [3.05, 3.63) is 46.8 Å². The molecule has 0 aliphatic carbocycles. The zero-order valence-electron chi connectivity index (χ0n) is 13.1. The lowest BCUT2D eigenvalue weighted by Crippen LogP contribution is -2.41. The molecule has 3 amide bonds. The monoisotopic (exact) mass is 329 g/mol. The van der Waals surface area contributed by atoms with Crippen LogP contribution in [0.25, 0.3) is 5.69 Å². The maximum absolute atomic E-state index is 12.1. The number of nitrogens with zero attached hydrogens (tertiary/aromatic N) is 2. The maximum Gasteiger partial charge on any atom is 0.317 e. The van der Waals surface area contributed by atoms with Gasteiger partial charge in [0.2, 0.25) is 5.91 Å². The molecule has 8 heteroatoms. The molecule has 3 N–H and O–H groups in total. The van der Waals surface area contributed by atoms with Gasteiger partial charge in [-0.15, -0.1) is 0 Å². The van der Waals surface area contributed by atoms with E-state index in [-0.39, 0.29) is 18.1 Å². The van der Waals surface area contributed by atoms with Gasteiger partial charge in [-0.05, 0) is 25.0 Å². The van der Waals surface area contributed by atoms with E-state index in [1.54, 1.807) is 17.0 Å². The van der Waals surface area contributed by atoms with Gasteiger partial charge in [-0.1, -0.05) is 18.2 Å². The maximum atomic E-state index is 12.1. The summed E-state index contributed by atoms with van der Waals surface area (Å²) in [6, 6.07) is 10.2. The van der Waals surface area contributed by atoms with Crippen molar-refractivity contribution in [3.63, 3.8) is 0 Å². The highest BCUT2D eigenvalue weighted by molar-refractivity contribution is 5.93. The molecule has 2 aromatic rings. The quantitative estimate of drug-likeness (QED) is 0.777. The molecule has 1 aromatic heterocycles. The number of likely N-dealkylation sites (tertiary alicyclic amines) is 1. The first-order chi connectivity index (χ1) is 11.6. The summed E-state index contributed by atoms with van der Waals surface area (Å²) in [5.41, 5.74) is 0.395. The van der Waals surface area contributed by atoms with Crippen LogP contribution in [0.4, 0.5) is 10.6 Å². The van der Waals surface area contributed by atoms with E-state index in [9.17, 15) is 14.4 Å². The SMILES string of the molecule is O=C(CNC(=O)N1CCCC1)Nc1cc(=O)[nH]n1-c1ccccc1. The van der Waals surface area contributed by atoms with Crippen molar-refractivity contribution >= 4 is 17.8 Å². The van der Waals surface area contributed by atoms with Gasteiger partial charge < -0.3 is 15.5 Å². The van der Waals surface area contributed by atoms with Gasteiger partial charge >= 0.3 is 6.03 Å². The Morgan fingerprint density at radius 2 is 1.83 bits per heavy atom. The Bertz CT molecular complexity index is 775. The zero-order valence-corrected chi connectivity index (χ0v) is 13.1. The van der Waals surface area contributed by atoms with Crippen LogP contribution in [-0.4, -0.2) is 46.3 Å². The molecule has 1 aliphatic heterocycles. The molecular formula is C16H19N5O3. The lowest BCUT2D eigenvalue weighted by molar-refractivity contribution is -0.115. The molecule has 0 spiro atoms. The molecule has 8 nitrogen and oxygen atoms in total. The van der Waals surface area contributed by atoms with E-state index >= 15 is 0 Å². The van der Waals surface area contributed by atoms with E-state index in [4.69, 9.17) is 0 Å². The number of carbonyl (C=O) groups is 2. The Hall–Kier alpha value is -3.03. The number of hydrogen-bond acceptors (Lipinski definition) is 3. The number of anilines is 1. The first-order valence-corrected chi connectivity index (χ1v) is 7.83. The second kappa shape index (κ2) is 7.03. The predicted octanol–water partition coefficient (Wildman–Crippen LogP) is 0.910. The number of urea groups is 1. The largest absolute Gasteiger partial charge is 0.329 e. The summed E-state index contributed by atoms with van der Waals surface area (Å²) in [6.45, 7) is 1.29. The fraction of sp³-hybridized carbons (Fsp3) is 0.312. The number of rotatable bonds is 4. The second-order valence-corrected chi connectivity index (χ2v) is 5.58. The lowest BCUT2D eigenvalue weighted by Gasteiger charge is -2.16. The van der Waals surface area contributed by atoms with Crippen molar-refractivity contribution in [1.82, 2.24) is 20.0 Å². The van der Waals surface area contributed by atoms with Gasteiger partial charge in [0.15, 0.2) is 0 Å². The number of para-hydroxylation sites is 1. The number of nitrogens with one attached hydrogen (secondary N) is 3. The Morgan fingerprint density at radius 3 is 2.54 bits per heavy atom. The van der Waals surface area contributed by atoms with Crippen molar-refractivity contribution in [2.45, 2.75) is 12.8 Å². The van der Waals surface area contributed by atoms with Crippen molar-refractivity contribution in [1.29, 1.82) is 0 Å². The van der Waals surface area contributed by atoms with E-state index < -0.39 is 5.91 Å². The van der Waals surface area contributed by atoms with Crippen LogP contribution in [0.15, 0.2) is 41.2 Å². The number of benzene rings is 1. The summed E-state index contributed by atoms with van der Waals surface area (Å²) in [7, 11) is 0. The van der Waals surface area contributed by atoms with Crippen LogP contribution in [-0.2, 0) is 4.79 Å². The zero-order chi connectivity index (χ0) is 16.9. The first-order valence-electron chi connectivity index (χ1n) is 7.83. The van der Waals surface area contributed by atoms with Gasteiger partial charge in [0.25, 0.3) is 5.56 Å². The normalized spacial score (nSPS) is 13.8. The van der Waals surface area contributed by atoms with Crippen LogP contribution in [0.5, 0.6) is 0 Å². The molecule has 3 rings (SSSR count). The molecule has 24 heavy (non-hydrogen) atoms. The number of aromatic amines is 1. The van der Waals surface area contributed by atoms with E-state index in [0.29, 0.717) is 5.82 Å². The highest BCUT2D eigenvalue weighted by atomic mass is 16.2. The molecule has 0 radical (unpaired) electrons. The second-order valence-electron chi connectivity index (χ2n) is 5.58. The summed E-state index contributed by atoms with van der Waals surface area (Å²) in [5.74, 6) is -0.0714. The molecule has 0 atom stereocenters. The van der Waals surface area contributed by atoms with E-state index in [0.717, 1.165) is 31.6 Å². The fourth-order valence-electron chi connectivity index (χ4n) is 2.64. The predicted molar refractivity (Wildman–Crippen MR) is 89.2 cm³/mol. The number of H-pyrrole nitrogens is 1. The van der Waals surface area contributed by atoms with E-state index in [2.05, 4.69) is 15.7 Å². The Kier molecular flexibility index (Phi) is 4.64. The van der Waals surface area contributed by atoms with E-state index in [1.165, 1.54) is 10.7 Å². The Morgan fingerprint density at radius 1 is 1.12 bits per heavy atom. The van der Waals surface area contributed by atoms with Crippen LogP contribution in [0.3, 0.4) is 0 Å². The lowest BCUT2D eigenvalue weighted by atomic mass is 10.3. The summed E-state index contributed by atoms with van der Waals surface area (Å²) < 4.78 is 1.49. The van der Waals surface area contributed by atoms with Gasteiger partial charge in [-0.2, -0.15) is 0 Å². The highest BCUT2D eigenvalue weighted by Gasteiger charge is 2.18. The number of hydrogen-bond donors (Lipinski definition) is 3. The average molecular weight is 329 g/mol. The van der Waals surface area contributed by atoms with Crippen molar-refractivity contribution in [2.24, 2.45) is 0 Å². The van der Waals surface area contributed by atoms with Gasteiger partial charge in [0, 0.05) is 19.2 Å². The van der Waals surface area contributed by atoms with Crippen molar-refractivity contribution < 1.29 is 9.59 Å². The molecule has 0 saturated carbocycles. The Labute approximate surface area is 138 Å². The minimum absolute atomic E-state index is 0.149. The van der Waals surface area contributed by atoms with E-state index in [1.807, 2.05) is 18.2 Å². The summed E-state index contributed by atoms with van der Waals surface area (Å²) >= 11 is 0. The van der Waals surface area contributed by atoms with Gasteiger partial charge in [0.05, 0.1) is 12.2 Å². The van der Waals surface area contributed by atoms with Crippen LogP contribution < -0.4 is 16.2 Å². The third-order valence-electron chi connectivity index (χ3n) is 3.81. The third-order valence-corrected chi connectivity index (χ3v) is 3.81. The number of aromatic nitrogens is 2. The molecule has 0 unspecified atom stereocenters. The number of amides is 3.